The highest BCUT2D eigenvalue weighted by Crippen LogP contribution is 2.13. The van der Waals surface area contributed by atoms with Gasteiger partial charge in [0.15, 0.2) is 0 Å². The molecule has 1 rings (SSSR count). The molecule has 100 valence electrons. The number of phenols is 1. The third-order valence-electron chi connectivity index (χ3n) is 3.22. The third-order valence-corrected chi connectivity index (χ3v) is 3.22. The van der Waals surface area contributed by atoms with Crippen molar-refractivity contribution in [3.63, 3.8) is 0 Å². The number of carboxylic acids is 1. The van der Waals surface area contributed by atoms with Crippen molar-refractivity contribution in [1.29, 1.82) is 0 Å². The van der Waals surface area contributed by atoms with Gasteiger partial charge in [-0.25, -0.2) is 0 Å². The molecule has 0 saturated carbocycles. The van der Waals surface area contributed by atoms with Gasteiger partial charge < -0.3 is 15.1 Å². The summed E-state index contributed by atoms with van der Waals surface area (Å²) in [6, 6.07) is 7.55. The van der Waals surface area contributed by atoms with Gasteiger partial charge >= 0.3 is 5.97 Å². The molecular formula is C14H21NO3. The van der Waals surface area contributed by atoms with Crippen LogP contribution in [0, 0.1) is 0 Å². The zero-order valence-electron chi connectivity index (χ0n) is 11.0. The summed E-state index contributed by atoms with van der Waals surface area (Å²) in [6.07, 6.45) is 2.08. The van der Waals surface area contributed by atoms with Gasteiger partial charge in [-0.05, 0) is 44.5 Å². The molecule has 0 bridgehead atoms. The molecule has 0 aliphatic rings. The van der Waals surface area contributed by atoms with Crippen molar-refractivity contribution in [2.24, 2.45) is 0 Å². The van der Waals surface area contributed by atoms with Crippen LogP contribution in [0.1, 0.15) is 25.3 Å². The van der Waals surface area contributed by atoms with E-state index in [-0.39, 0.29) is 12.2 Å². The van der Waals surface area contributed by atoms with E-state index >= 15 is 0 Å². The Kier molecular flexibility index (Phi) is 5.65. The van der Waals surface area contributed by atoms with E-state index in [9.17, 15) is 9.90 Å². The number of aromatic hydroxyl groups is 1. The predicted octanol–water partition coefficient (Wildman–Crippen LogP) is 2.12. The molecule has 2 N–H and O–H groups in total. The summed E-state index contributed by atoms with van der Waals surface area (Å²) in [5, 5.41) is 17.8. The Morgan fingerprint density at radius 1 is 1.33 bits per heavy atom. The van der Waals surface area contributed by atoms with Crippen molar-refractivity contribution < 1.29 is 15.0 Å². The lowest BCUT2D eigenvalue weighted by Gasteiger charge is -2.23. The second-order valence-corrected chi connectivity index (χ2v) is 4.68. The van der Waals surface area contributed by atoms with Crippen LogP contribution in [0.15, 0.2) is 24.3 Å². The molecule has 1 atom stereocenters. The van der Waals surface area contributed by atoms with Gasteiger partial charge in [-0.2, -0.15) is 0 Å². The summed E-state index contributed by atoms with van der Waals surface area (Å²) in [4.78, 5) is 12.6. The zero-order valence-corrected chi connectivity index (χ0v) is 11.0. The van der Waals surface area contributed by atoms with Crippen LogP contribution in [0.3, 0.4) is 0 Å². The van der Waals surface area contributed by atoms with Crippen molar-refractivity contribution >= 4 is 5.97 Å². The fraction of sp³-hybridized carbons (Fsp3) is 0.500. The van der Waals surface area contributed by atoms with Gasteiger partial charge in [-0.15, -0.1) is 0 Å². The number of benzene rings is 1. The Morgan fingerprint density at radius 2 is 1.94 bits per heavy atom. The van der Waals surface area contributed by atoms with Crippen molar-refractivity contribution in [3.05, 3.63) is 29.8 Å². The summed E-state index contributed by atoms with van der Waals surface area (Å²) in [5.74, 6) is -0.474. The van der Waals surface area contributed by atoms with Crippen LogP contribution in [0.4, 0.5) is 0 Å². The van der Waals surface area contributed by atoms with E-state index in [1.54, 1.807) is 12.1 Å². The smallest absolute Gasteiger partial charge is 0.304 e. The average Bonchev–Trinajstić information content (AvgIpc) is 2.34. The van der Waals surface area contributed by atoms with Crippen LogP contribution in [-0.2, 0) is 11.2 Å². The van der Waals surface area contributed by atoms with Crippen LogP contribution in [0.25, 0.3) is 0 Å². The standard InChI is InChI=1S/C14H21NO3/c1-11(15(2)10-9-14(17)18)3-4-12-5-7-13(16)8-6-12/h5-8,11,16H,3-4,9-10H2,1-2H3,(H,17,18). The van der Waals surface area contributed by atoms with Gasteiger partial charge in [0.2, 0.25) is 0 Å². The van der Waals surface area contributed by atoms with Crippen LogP contribution in [0.5, 0.6) is 5.75 Å². The molecule has 18 heavy (non-hydrogen) atoms. The molecular weight excluding hydrogens is 230 g/mol. The van der Waals surface area contributed by atoms with Crippen molar-refractivity contribution in [2.45, 2.75) is 32.2 Å². The molecule has 0 radical (unpaired) electrons. The highest BCUT2D eigenvalue weighted by Gasteiger charge is 2.10. The molecule has 1 unspecified atom stereocenters. The monoisotopic (exact) mass is 251 g/mol. The maximum absolute atomic E-state index is 10.5. The normalized spacial score (nSPS) is 12.6. The Bertz CT molecular complexity index is 375. The van der Waals surface area contributed by atoms with Crippen molar-refractivity contribution in [3.8, 4) is 5.75 Å². The maximum atomic E-state index is 10.5. The molecule has 0 amide bonds. The average molecular weight is 251 g/mol. The second kappa shape index (κ2) is 7.01. The third kappa shape index (κ3) is 5.19. The first-order valence-electron chi connectivity index (χ1n) is 6.19. The molecule has 1 aromatic carbocycles. The molecule has 4 heteroatoms. The van der Waals surface area contributed by atoms with Crippen molar-refractivity contribution in [1.82, 2.24) is 4.90 Å². The summed E-state index contributed by atoms with van der Waals surface area (Å²) >= 11 is 0. The first kappa shape index (κ1) is 14.5. The minimum absolute atomic E-state index is 0.181. The number of aryl methyl sites for hydroxylation is 1. The fourth-order valence-corrected chi connectivity index (χ4v) is 1.75. The Labute approximate surface area is 108 Å². The van der Waals surface area contributed by atoms with Gasteiger partial charge in [0.25, 0.3) is 0 Å². The molecule has 0 aliphatic carbocycles. The van der Waals surface area contributed by atoms with Gasteiger partial charge in [-0.3, -0.25) is 4.79 Å². The molecule has 0 fully saturated rings. The molecule has 0 aliphatic heterocycles. The lowest BCUT2D eigenvalue weighted by Crippen LogP contribution is -2.31. The number of hydrogen-bond donors (Lipinski definition) is 2. The lowest BCUT2D eigenvalue weighted by atomic mass is 10.1. The fourth-order valence-electron chi connectivity index (χ4n) is 1.75. The SMILES string of the molecule is CC(CCc1ccc(O)cc1)N(C)CCC(=O)O. The topological polar surface area (TPSA) is 60.8 Å². The number of carboxylic acid groups (broad SMARTS) is 1. The quantitative estimate of drug-likeness (QED) is 0.779. The van der Waals surface area contributed by atoms with E-state index < -0.39 is 5.97 Å². The van der Waals surface area contributed by atoms with E-state index in [0.717, 1.165) is 12.8 Å². The minimum atomic E-state index is -0.757. The Hall–Kier alpha value is -1.55. The Balaban J connectivity index is 2.33. The number of aliphatic carboxylic acids is 1. The van der Waals surface area contributed by atoms with Gasteiger partial charge in [-0.1, -0.05) is 12.1 Å². The molecule has 0 aromatic heterocycles. The van der Waals surface area contributed by atoms with Gasteiger partial charge in [0.05, 0.1) is 6.42 Å². The molecule has 1 aromatic rings. The number of rotatable bonds is 7. The maximum Gasteiger partial charge on any atom is 0.304 e. The summed E-state index contributed by atoms with van der Waals surface area (Å²) in [5.41, 5.74) is 1.19. The van der Waals surface area contributed by atoms with Gasteiger partial charge in [0, 0.05) is 12.6 Å². The molecule has 4 nitrogen and oxygen atoms in total. The lowest BCUT2D eigenvalue weighted by molar-refractivity contribution is -0.137. The van der Waals surface area contributed by atoms with E-state index in [0.29, 0.717) is 12.6 Å². The van der Waals surface area contributed by atoms with E-state index in [2.05, 4.69) is 11.8 Å². The largest absolute Gasteiger partial charge is 0.508 e. The summed E-state index contributed by atoms with van der Waals surface area (Å²) < 4.78 is 0. The second-order valence-electron chi connectivity index (χ2n) is 4.68. The van der Waals surface area contributed by atoms with Crippen LogP contribution < -0.4 is 0 Å². The van der Waals surface area contributed by atoms with E-state index in [4.69, 9.17) is 5.11 Å². The van der Waals surface area contributed by atoms with Crippen LogP contribution >= 0.6 is 0 Å². The van der Waals surface area contributed by atoms with Crippen LogP contribution in [0.2, 0.25) is 0 Å². The van der Waals surface area contributed by atoms with E-state index in [1.165, 1.54) is 5.56 Å². The van der Waals surface area contributed by atoms with Gasteiger partial charge in [0.1, 0.15) is 5.75 Å². The number of nitrogens with zero attached hydrogens (tertiary/aromatic N) is 1. The summed E-state index contributed by atoms with van der Waals surface area (Å²) in [7, 11) is 1.95. The first-order valence-corrected chi connectivity index (χ1v) is 6.19. The summed E-state index contributed by atoms with van der Waals surface area (Å²) in [6.45, 7) is 2.67. The molecule has 0 saturated heterocycles. The predicted molar refractivity (Wildman–Crippen MR) is 70.8 cm³/mol. The zero-order chi connectivity index (χ0) is 13.5. The van der Waals surface area contributed by atoms with E-state index in [1.807, 2.05) is 19.2 Å². The molecule has 0 spiro atoms. The number of hydrogen-bond acceptors (Lipinski definition) is 3. The minimum Gasteiger partial charge on any atom is -0.508 e. The number of phenolic OH excluding ortho intramolecular Hbond substituents is 1. The number of carbonyl (C=O) groups is 1. The Morgan fingerprint density at radius 3 is 2.50 bits per heavy atom. The molecule has 0 heterocycles. The van der Waals surface area contributed by atoms with Crippen molar-refractivity contribution in [2.75, 3.05) is 13.6 Å². The highest BCUT2D eigenvalue weighted by molar-refractivity contribution is 5.66. The van der Waals surface area contributed by atoms with Crippen LogP contribution in [-0.4, -0.2) is 40.7 Å². The first-order chi connectivity index (χ1) is 8.49. The highest BCUT2D eigenvalue weighted by atomic mass is 16.4.